The Bertz CT molecular complexity index is 545. The molecule has 0 bridgehead atoms. The average Bonchev–Trinajstić information content (AvgIpc) is 3.10. The first-order chi connectivity index (χ1) is 12.7. The summed E-state index contributed by atoms with van der Waals surface area (Å²) in [7, 11) is 1.44. The molecular weight excluding hydrogens is 344 g/mol. The van der Waals surface area contributed by atoms with E-state index in [4.69, 9.17) is 0 Å². The van der Waals surface area contributed by atoms with Gasteiger partial charge in [-0.2, -0.15) is 0 Å². The number of ether oxygens (including phenoxy) is 1. The molecule has 0 N–H and O–H groups in total. The highest BCUT2D eigenvalue weighted by Crippen LogP contribution is 2.21. The van der Waals surface area contributed by atoms with Crippen LogP contribution in [-0.4, -0.2) is 18.9 Å². The highest BCUT2D eigenvalue weighted by Gasteiger charge is 2.01. The molecule has 0 aliphatic carbocycles. The van der Waals surface area contributed by atoms with Crippen LogP contribution in [0.1, 0.15) is 87.3 Å². The van der Waals surface area contributed by atoms with E-state index in [1.807, 2.05) is 6.08 Å². The van der Waals surface area contributed by atoms with E-state index < -0.39 is 0 Å². The number of thiophene rings is 1. The fourth-order valence-corrected chi connectivity index (χ4v) is 3.76. The molecule has 0 aromatic carbocycles. The van der Waals surface area contributed by atoms with Crippen LogP contribution >= 0.6 is 11.3 Å². The highest BCUT2D eigenvalue weighted by molar-refractivity contribution is 7.12. The minimum Gasteiger partial charge on any atom is -0.469 e. The van der Waals surface area contributed by atoms with E-state index in [0.717, 1.165) is 38.5 Å². The molecule has 0 unspecified atom stereocenters. The maximum atomic E-state index is 11.8. The van der Waals surface area contributed by atoms with Gasteiger partial charge in [0, 0.05) is 22.6 Å². The molecule has 0 saturated carbocycles. The number of methoxy groups -OCH3 is 1. The van der Waals surface area contributed by atoms with Crippen molar-refractivity contribution in [3.8, 4) is 0 Å². The SMILES string of the molecule is CCCCCC(=O)C=Cc1ccc(CCCCCCCCC(=O)OC)s1. The molecule has 1 aromatic heterocycles. The van der Waals surface area contributed by atoms with E-state index in [2.05, 4.69) is 23.8 Å². The van der Waals surface area contributed by atoms with Gasteiger partial charge in [0.2, 0.25) is 0 Å². The molecule has 0 saturated heterocycles. The third-order valence-corrected chi connectivity index (χ3v) is 5.53. The lowest BCUT2D eigenvalue weighted by Crippen LogP contribution is -1.99. The van der Waals surface area contributed by atoms with Crippen molar-refractivity contribution >= 4 is 29.2 Å². The van der Waals surface area contributed by atoms with E-state index in [0.29, 0.717) is 12.8 Å². The summed E-state index contributed by atoms with van der Waals surface area (Å²) in [6.07, 6.45) is 16.2. The topological polar surface area (TPSA) is 43.4 Å². The molecule has 146 valence electrons. The van der Waals surface area contributed by atoms with Gasteiger partial charge in [0.1, 0.15) is 0 Å². The molecule has 1 rings (SSSR count). The number of aryl methyl sites for hydroxylation is 1. The van der Waals surface area contributed by atoms with Crippen molar-refractivity contribution in [3.63, 3.8) is 0 Å². The Morgan fingerprint density at radius 1 is 0.962 bits per heavy atom. The summed E-state index contributed by atoms with van der Waals surface area (Å²) in [5.74, 6) is 0.135. The van der Waals surface area contributed by atoms with Crippen LogP contribution in [0, 0.1) is 0 Å². The Morgan fingerprint density at radius 2 is 1.65 bits per heavy atom. The zero-order valence-electron chi connectivity index (χ0n) is 16.4. The summed E-state index contributed by atoms with van der Waals surface area (Å²) < 4.78 is 4.64. The third-order valence-electron chi connectivity index (χ3n) is 4.42. The minimum atomic E-state index is -0.102. The largest absolute Gasteiger partial charge is 0.469 e. The Hall–Kier alpha value is -1.42. The second-order valence-corrected chi connectivity index (χ2v) is 7.96. The van der Waals surface area contributed by atoms with Crippen LogP contribution in [0.5, 0.6) is 0 Å². The molecule has 0 spiro atoms. The van der Waals surface area contributed by atoms with Crippen molar-refractivity contribution in [2.45, 2.75) is 84.0 Å². The van der Waals surface area contributed by atoms with E-state index >= 15 is 0 Å². The lowest BCUT2D eigenvalue weighted by molar-refractivity contribution is -0.140. The molecule has 0 fully saturated rings. The molecule has 1 heterocycles. The number of unbranched alkanes of at least 4 members (excludes halogenated alkanes) is 7. The van der Waals surface area contributed by atoms with Gasteiger partial charge >= 0.3 is 5.97 Å². The number of carbonyl (C=O) groups is 2. The van der Waals surface area contributed by atoms with Gasteiger partial charge in [-0.05, 0) is 50.0 Å². The summed E-state index contributed by atoms with van der Waals surface area (Å²) in [5, 5.41) is 0. The van der Waals surface area contributed by atoms with Crippen molar-refractivity contribution < 1.29 is 14.3 Å². The fourth-order valence-electron chi connectivity index (χ4n) is 2.80. The van der Waals surface area contributed by atoms with E-state index in [-0.39, 0.29) is 11.8 Å². The van der Waals surface area contributed by atoms with Crippen molar-refractivity contribution in [3.05, 3.63) is 28.0 Å². The second kappa shape index (κ2) is 14.7. The maximum Gasteiger partial charge on any atom is 0.305 e. The van der Waals surface area contributed by atoms with Crippen LogP contribution in [0.2, 0.25) is 0 Å². The number of rotatable bonds is 15. The van der Waals surface area contributed by atoms with Crippen LogP contribution in [0.15, 0.2) is 18.2 Å². The van der Waals surface area contributed by atoms with Crippen LogP contribution in [0.3, 0.4) is 0 Å². The first-order valence-electron chi connectivity index (χ1n) is 10.0. The molecule has 26 heavy (non-hydrogen) atoms. The molecule has 0 aliphatic heterocycles. The predicted octanol–water partition coefficient (Wildman–Crippen LogP) is 6.36. The summed E-state index contributed by atoms with van der Waals surface area (Å²) in [5.41, 5.74) is 0. The smallest absolute Gasteiger partial charge is 0.305 e. The van der Waals surface area contributed by atoms with Crippen LogP contribution in [0.25, 0.3) is 6.08 Å². The minimum absolute atomic E-state index is 0.102. The number of allylic oxidation sites excluding steroid dienone is 1. The Morgan fingerprint density at radius 3 is 2.38 bits per heavy atom. The summed E-state index contributed by atoms with van der Waals surface area (Å²) in [6.45, 7) is 2.15. The summed E-state index contributed by atoms with van der Waals surface area (Å²) in [4.78, 5) is 25.3. The number of ketones is 1. The van der Waals surface area contributed by atoms with Gasteiger partial charge in [-0.1, -0.05) is 45.4 Å². The normalized spacial score (nSPS) is 11.2. The standard InChI is InChI=1S/C22H34O3S/c1-3-4-9-12-19(23)15-16-21-18-17-20(26-21)13-10-7-5-6-8-11-14-22(24)25-2/h15-18H,3-14H2,1-2H3. The summed E-state index contributed by atoms with van der Waals surface area (Å²) in [6, 6.07) is 4.30. The molecule has 0 radical (unpaired) electrons. The van der Waals surface area contributed by atoms with Gasteiger partial charge in [0.15, 0.2) is 5.78 Å². The van der Waals surface area contributed by atoms with Gasteiger partial charge < -0.3 is 4.74 Å². The zero-order valence-corrected chi connectivity index (χ0v) is 17.2. The van der Waals surface area contributed by atoms with Gasteiger partial charge in [-0.3, -0.25) is 9.59 Å². The van der Waals surface area contributed by atoms with Gasteiger partial charge in [0.05, 0.1) is 7.11 Å². The van der Waals surface area contributed by atoms with Gasteiger partial charge in [0.25, 0.3) is 0 Å². The van der Waals surface area contributed by atoms with E-state index in [9.17, 15) is 9.59 Å². The number of hydrogen-bond acceptors (Lipinski definition) is 4. The second-order valence-electron chi connectivity index (χ2n) is 6.76. The monoisotopic (exact) mass is 378 g/mol. The van der Waals surface area contributed by atoms with Gasteiger partial charge in [-0.25, -0.2) is 0 Å². The Balaban J connectivity index is 2.10. The zero-order chi connectivity index (χ0) is 19.0. The number of carbonyl (C=O) groups excluding carboxylic acids is 2. The lowest BCUT2D eigenvalue weighted by atomic mass is 10.1. The molecule has 0 amide bonds. The number of hydrogen-bond donors (Lipinski definition) is 0. The number of esters is 1. The van der Waals surface area contributed by atoms with E-state index in [1.165, 1.54) is 42.5 Å². The van der Waals surface area contributed by atoms with Crippen molar-refractivity contribution in [1.29, 1.82) is 0 Å². The fraction of sp³-hybridized carbons (Fsp3) is 0.636. The molecule has 4 heteroatoms. The van der Waals surface area contributed by atoms with Gasteiger partial charge in [-0.15, -0.1) is 11.3 Å². The maximum absolute atomic E-state index is 11.8. The van der Waals surface area contributed by atoms with Crippen LogP contribution in [0.4, 0.5) is 0 Å². The lowest BCUT2D eigenvalue weighted by Gasteiger charge is -2.01. The van der Waals surface area contributed by atoms with Crippen molar-refractivity contribution in [2.24, 2.45) is 0 Å². The molecule has 1 aromatic rings. The molecule has 3 nitrogen and oxygen atoms in total. The first kappa shape index (κ1) is 22.6. The third kappa shape index (κ3) is 11.2. The molecule has 0 atom stereocenters. The van der Waals surface area contributed by atoms with Crippen LogP contribution in [-0.2, 0) is 20.7 Å². The Labute approximate surface area is 162 Å². The predicted molar refractivity (Wildman–Crippen MR) is 111 cm³/mol. The van der Waals surface area contributed by atoms with Crippen LogP contribution < -0.4 is 0 Å². The highest BCUT2D eigenvalue weighted by atomic mass is 32.1. The Kier molecular flexibility index (Phi) is 12.8. The molecule has 0 aliphatic rings. The van der Waals surface area contributed by atoms with Crippen molar-refractivity contribution in [2.75, 3.05) is 7.11 Å². The molecular formula is C22H34O3S. The average molecular weight is 379 g/mol. The van der Waals surface area contributed by atoms with Crippen molar-refractivity contribution in [1.82, 2.24) is 0 Å². The quantitative estimate of drug-likeness (QED) is 0.203. The van der Waals surface area contributed by atoms with E-state index in [1.54, 1.807) is 17.4 Å². The first-order valence-corrected chi connectivity index (χ1v) is 10.8. The summed E-state index contributed by atoms with van der Waals surface area (Å²) >= 11 is 1.79.